The van der Waals surface area contributed by atoms with Crippen LogP contribution in [0.25, 0.3) is 0 Å². The van der Waals surface area contributed by atoms with Gasteiger partial charge in [0, 0.05) is 31.9 Å². The molecule has 0 spiro atoms. The summed E-state index contributed by atoms with van der Waals surface area (Å²) in [5.74, 6) is 0. The highest BCUT2D eigenvalue weighted by atomic mass is 16.4. The van der Waals surface area contributed by atoms with Crippen LogP contribution in [0.3, 0.4) is 0 Å². The molecule has 0 bridgehead atoms. The molecule has 98 valence electrons. The smallest absolute Gasteiger partial charge is 0.407 e. The summed E-state index contributed by atoms with van der Waals surface area (Å²) in [5, 5.41) is 8.90. The molecule has 2 rings (SSSR count). The number of amides is 1. The summed E-state index contributed by atoms with van der Waals surface area (Å²) in [6.07, 6.45) is 0.0506. The molecule has 1 amide bonds. The van der Waals surface area contributed by atoms with Crippen molar-refractivity contribution in [2.24, 2.45) is 5.73 Å². The maximum atomic E-state index is 10.8. The second kappa shape index (κ2) is 5.73. The van der Waals surface area contributed by atoms with Crippen LogP contribution in [0.2, 0.25) is 0 Å². The van der Waals surface area contributed by atoms with Crippen molar-refractivity contribution in [3.8, 4) is 0 Å². The Morgan fingerprint density at radius 1 is 1.28 bits per heavy atom. The molecule has 1 aromatic rings. The quantitative estimate of drug-likeness (QED) is 0.838. The van der Waals surface area contributed by atoms with E-state index in [0.29, 0.717) is 19.6 Å². The van der Waals surface area contributed by atoms with Crippen molar-refractivity contribution in [3.63, 3.8) is 0 Å². The Labute approximate surface area is 107 Å². The van der Waals surface area contributed by atoms with Crippen LogP contribution in [-0.4, -0.2) is 48.8 Å². The largest absolute Gasteiger partial charge is 0.465 e. The molecular weight excluding hydrogens is 230 g/mol. The number of hydrogen-bond donors (Lipinski definition) is 2. The molecule has 0 saturated carbocycles. The standard InChI is InChI=1S/C13H19N3O2/c14-5-4-11-2-1-3-12(10-11)15-6-8-16(9-7-15)13(17)18/h1-3,10H,4-9,14H2,(H,17,18). The molecular formula is C13H19N3O2. The average molecular weight is 249 g/mol. The van der Waals surface area contributed by atoms with Crippen molar-refractivity contribution in [1.82, 2.24) is 4.90 Å². The molecule has 5 heteroatoms. The summed E-state index contributed by atoms with van der Waals surface area (Å²) < 4.78 is 0. The molecule has 0 radical (unpaired) electrons. The van der Waals surface area contributed by atoms with Crippen molar-refractivity contribution in [2.45, 2.75) is 6.42 Å². The number of anilines is 1. The van der Waals surface area contributed by atoms with Gasteiger partial charge >= 0.3 is 6.09 Å². The molecule has 0 aromatic heterocycles. The van der Waals surface area contributed by atoms with Crippen LogP contribution >= 0.6 is 0 Å². The SMILES string of the molecule is NCCc1cccc(N2CCN(C(=O)O)CC2)c1. The van der Waals surface area contributed by atoms with E-state index in [-0.39, 0.29) is 0 Å². The molecule has 1 aliphatic rings. The molecule has 1 aliphatic heterocycles. The van der Waals surface area contributed by atoms with Crippen LogP contribution < -0.4 is 10.6 Å². The van der Waals surface area contributed by atoms with E-state index in [1.165, 1.54) is 10.5 Å². The Morgan fingerprint density at radius 2 is 2.00 bits per heavy atom. The highest BCUT2D eigenvalue weighted by Crippen LogP contribution is 2.18. The number of nitrogens with two attached hydrogens (primary N) is 1. The van der Waals surface area contributed by atoms with E-state index in [0.717, 1.165) is 25.2 Å². The molecule has 1 fully saturated rings. The second-order valence-corrected chi connectivity index (χ2v) is 4.47. The summed E-state index contributed by atoms with van der Waals surface area (Å²) in [5.41, 5.74) is 7.95. The predicted octanol–water partition coefficient (Wildman–Crippen LogP) is 0.988. The normalized spacial score (nSPS) is 15.8. The lowest BCUT2D eigenvalue weighted by atomic mass is 10.1. The van der Waals surface area contributed by atoms with E-state index in [4.69, 9.17) is 10.8 Å². The lowest BCUT2D eigenvalue weighted by Crippen LogP contribution is -2.48. The highest BCUT2D eigenvalue weighted by molar-refractivity contribution is 5.65. The van der Waals surface area contributed by atoms with E-state index >= 15 is 0 Å². The lowest BCUT2D eigenvalue weighted by Gasteiger charge is -2.34. The third-order valence-corrected chi connectivity index (χ3v) is 3.26. The minimum absolute atomic E-state index is 0.566. The Balaban J connectivity index is 2.00. The summed E-state index contributed by atoms with van der Waals surface area (Å²) in [6, 6.07) is 8.31. The van der Waals surface area contributed by atoms with Crippen molar-refractivity contribution < 1.29 is 9.90 Å². The number of piperazine rings is 1. The van der Waals surface area contributed by atoms with Gasteiger partial charge in [0.05, 0.1) is 0 Å². The Bertz CT molecular complexity index is 414. The maximum Gasteiger partial charge on any atom is 0.407 e. The van der Waals surface area contributed by atoms with Crippen LogP contribution in [0.15, 0.2) is 24.3 Å². The maximum absolute atomic E-state index is 10.8. The first-order chi connectivity index (χ1) is 8.70. The molecule has 1 aromatic carbocycles. The van der Waals surface area contributed by atoms with Gasteiger partial charge in [0.25, 0.3) is 0 Å². The fraction of sp³-hybridized carbons (Fsp3) is 0.462. The predicted molar refractivity (Wildman–Crippen MR) is 71.0 cm³/mol. The van der Waals surface area contributed by atoms with Gasteiger partial charge in [0.1, 0.15) is 0 Å². The van der Waals surface area contributed by atoms with E-state index in [1.807, 2.05) is 6.07 Å². The molecule has 5 nitrogen and oxygen atoms in total. The van der Waals surface area contributed by atoms with Gasteiger partial charge in [-0.05, 0) is 30.7 Å². The average Bonchev–Trinajstić information content (AvgIpc) is 2.39. The Hall–Kier alpha value is -1.75. The highest BCUT2D eigenvalue weighted by Gasteiger charge is 2.20. The van der Waals surface area contributed by atoms with Gasteiger partial charge in [-0.3, -0.25) is 0 Å². The van der Waals surface area contributed by atoms with Crippen molar-refractivity contribution >= 4 is 11.8 Å². The van der Waals surface area contributed by atoms with Gasteiger partial charge in [-0.1, -0.05) is 12.1 Å². The molecule has 0 atom stereocenters. The van der Waals surface area contributed by atoms with E-state index in [9.17, 15) is 4.79 Å². The molecule has 0 aliphatic carbocycles. The first kappa shape index (κ1) is 12.7. The van der Waals surface area contributed by atoms with Crippen LogP contribution in [-0.2, 0) is 6.42 Å². The third-order valence-electron chi connectivity index (χ3n) is 3.26. The van der Waals surface area contributed by atoms with Gasteiger partial charge in [-0.15, -0.1) is 0 Å². The van der Waals surface area contributed by atoms with E-state index < -0.39 is 6.09 Å². The minimum atomic E-state index is -0.827. The number of benzene rings is 1. The molecule has 3 N–H and O–H groups in total. The summed E-state index contributed by atoms with van der Waals surface area (Å²) in [6.45, 7) is 3.28. The second-order valence-electron chi connectivity index (χ2n) is 4.47. The van der Waals surface area contributed by atoms with Crippen molar-refractivity contribution in [2.75, 3.05) is 37.6 Å². The summed E-state index contributed by atoms with van der Waals surface area (Å²) in [7, 11) is 0. The first-order valence-electron chi connectivity index (χ1n) is 6.22. The van der Waals surface area contributed by atoms with Crippen LogP contribution in [0.1, 0.15) is 5.56 Å². The Kier molecular flexibility index (Phi) is 4.04. The van der Waals surface area contributed by atoms with E-state index in [1.54, 1.807) is 0 Å². The zero-order valence-electron chi connectivity index (χ0n) is 10.4. The van der Waals surface area contributed by atoms with Gasteiger partial charge in [0.2, 0.25) is 0 Å². The van der Waals surface area contributed by atoms with Gasteiger partial charge in [-0.2, -0.15) is 0 Å². The number of rotatable bonds is 3. The van der Waals surface area contributed by atoms with Crippen molar-refractivity contribution in [1.29, 1.82) is 0 Å². The fourth-order valence-corrected chi connectivity index (χ4v) is 2.23. The number of carboxylic acid groups (broad SMARTS) is 1. The third kappa shape index (κ3) is 2.92. The monoisotopic (exact) mass is 249 g/mol. The van der Waals surface area contributed by atoms with Crippen LogP contribution in [0.4, 0.5) is 10.5 Å². The summed E-state index contributed by atoms with van der Waals surface area (Å²) in [4.78, 5) is 14.5. The molecule has 18 heavy (non-hydrogen) atoms. The summed E-state index contributed by atoms with van der Waals surface area (Å²) >= 11 is 0. The molecule has 1 saturated heterocycles. The van der Waals surface area contributed by atoms with Crippen molar-refractivity contribution in [3.05, 3.63) is 29.8 Å². The first-order valence-corrected chi connectivity index (χ1v) is 6.22. The lowest BCUT2D eigenvalue weighted by molar-refractivity contribution is 0.142. The van der Waals surface area contributed by atoms with E-state index in [2.05, 4.69) is 23.1 Å². The Morgan fingerprint density at radius 3 is 2.61 bits per heavy atom. The fourth-order valence-electron chi connectivity index (χ4n) is 2.23. The number of nitrogens with zero attached hydrogens (tertiary/aromatic N) is 2. The molecule has 0 unspecified atom stereocenters. The zero-order chi connectivity index (χ0) is 13.0. The number of hydrogen-bond acceptors (Lipinski definition) is 3. The number of carbonyl (C=O) groups is 1. The van der Waals surface area contributed by atoms with Crippen LogP contribution in [0.5, 0.6) is 0 Å². The van der Waals surface area contributed by atoms with Gasteiger partial charge in [-0.25, -0.2) is 4.79 Å². The molecule has 1 heterocycles. The van der Waals surface area contributed by atoms with Gasteiger partial charge in [0.15, 0.2) is 0 Å². The topological polar surface area (TPSA) is 69.8 Å². The zero-order valence-corrected chi connectivity index (χ0v) is 10.4. The van der Waals surface area contributed by atoms with Crippen LogP contribution in [0, 0.1) is 0 Å². The van der Waals surface area contributed by atoms with Gasteiger partial charge < -0.3 is 20.6 Å². The minimum Gasteiger partial charge on any atom is -0.465 e.